The molecule has 1 aromatic carbocycles. The van der Waals surface area contributed by atoms with E-state index in [0.29, 0.717) is 22.4 Å². The molecule has 2 heterocycles. The van der Waals surface area contributed by atoms with Crippen LogP contribution in [-0.2, 0) is 5.88 Å². The smallest absolute Gasteiger partial charge is 0.153 e. The Morgan fingerprint density at radius 2 is 2.05 bits per heavy atom. The first-order valence-electron chi connectivity index (χ1n) is 5.95. The van der Waals surface area contributed by atoms with Crippen molar-refractivity contribution >= 4 is 22.6 Å². The van der Waals surface area contributed by atoms with Gasteiger partial charge in [-0.05, 0) is 24.6 Å². The molecule has 3 rings (SSSR count). The number of aryl methyl sites for hydroxylation is 1. The van der Waals surface area contributed by atoms with Gasteiger partial charge in [0.2, 0.25) is 0 Å². The molecule has 0 radical (unpaired) electrons. The maximum atomic E-state index is 14.3. The van der Waals surface area contributed by atoms with Gasteiger partial charge in [0.1, 0.15) is 22.8 Å². The minimum atomic E-state index is -0.657. The number of hydrogen-bond donors (Lipinski definition) is 0. The van der Waals surface area contributed by atoms with E-state index in [4.69, 9.17) is 11.6 Å². The Labute approximate surface area is 118 Å². The van der Waals surface area contributed by atoms with Crippen LogP contribution in [-0.4, -0.2) is 14.5 Å². The topological polar surface area (TPSA) is 30.7 Å². The van der Waals surface area contributed by atoms with Crippen molar-refractivity contribution in [1.29, 1.82) is 0 Å². The molecule has 0 fully saturated rings. The van der Waals surface area contributed by atoms with E-state index in [0.717, 1.165) is 0 Å². The van der Waals surface area contributed by atoms with Gasteiger partial charge < -0.3 is 0 Å². The molecule has 20 heavy (non-hydrogen) atoms. The normalized spacial score (nSPS) is 11.2. The highest BCUT2D eigenvalue weighted by Crippen LogP contribution is 2.27. The van der Waals surface area contributed by atoms with Crippen LogP contribution in [0.4, 0.5) is 8.78 Å². The van der Waals surface area contributed by atoms with Crippen LogP contribution in [0.15, 0.2) is 30.6 Å². The zero-order valence-corrected chi connectivity index (χ0v) is 11.3. The van der Waals surface area contributed by atoms with Gasteiger partial charge in [0.15, 0.2) is 5.82 Å². The highest BCUT2D eigenvalue weighted by atomic mass is 35.5. The molecule has 0 saturated carbocycles. The molecule has 3 nitrogen and oxygen atoms in total. The molecule has 0 bridgehead atoms. The summed E-state index contributed by atoms with van der Waals surface area (Å²) < 4.78 is 29.8. The molecule has 6 heteroatoms. The van der Waals surface area contributed by atoms with Gasteiger partial charge >= 0.3 is 0 Å². The molecule has 102 valence electrons. The summed E-state index contributed by atoms with van der Waals surface area (Å²) in [5, 5.41) is 0. The number of imidazole rings is 1. The molecular formula is C14H10ClF2N3. The third-order valence-electron chi connectivity index (χ3n) is 3.13. The molecule has 0 amide bonds. The second-order valence-corrected chi connectivity index (χ2v) is 4.66. The molecule has 0 aliphatic heterocycles. The van der Waals surface area contributed by atoms with Crippen molar-refractivity contribution in [2.24, 2.45) is 0 Å². The molecule has 0 unspecified atom stereocenters. The second kappa shape index (κ2) is 4.83. The average Bonchev–Trinajstić information content (AvgIpc) is 2.82. The fourth-order valence-corrected chi connectivity index (χ4v) is 2.35. The summed E-state index contributed by atoms with van der Waals surface area (Å²) in [5.74, 6) is -0.859. The maximum absolute atomic E-state index is 14.3. The quantitative estimate of drug-likeness (QED) is 0.674. The van der Waals surface area contributed by atoms with Crippen molar-refractivity contribution < 1.29 is 8.78 Å². The summed E-state index contributed by atoms with van der Waals surface area (Å²) in [6.07, 6.45) is 3.08. The Morgan fingerprint density at radius 1 is 1.25 bits per heavy atom. The third-order valence-corrected chi connectivity index (χ3v) is 3.37. The third kappa shape index (κ3) is 1.86. The Kier molecular flexibility index (Phi) is 3.14. The lowest BCUT2D eigenvalue weighted by molar-refractivity contribution is 0.563. The zero-order chi connectivity index (χ0) is 14.3. The Bertz CT molecular complexity index is 798. The van der Waals surface area contributed by atoms with Crippen LogP contribution in [0.3, 0.4) is 0 Å². The SMILES string of the molecule is Cc1ccc(F)c(-n2c(CCl)nc3cnccc32)c1F. The van der Waals surface area contributed by atoms with Crippen LogP contribution in [0.5, 0.6) is 0 Å². The molecule has 3 aromatic rings. The van der Waals surface area contributed by atoms with Crippen molar-refractivity contribution in [3.8, 4) is 5.69 Å². The number of pyridine rings is 1. The van der Waals surface area contributed by atoms with E-state index in [1.165, 1.54) is 22.9 Å². The van der Waals surface area contributed by atoms with Crippen molar-refractivity contribution in [1.82, 2.24) is 14.5 Å². The molecule has 2 aromatic heterocycles. The van der Waals surface area contributed by atoms with Crippen LogP contribution in [0.1, 0.15) is 11.4 Å². The first kappa shape index (κ1) is 13.0. The van der Waals surface area contributed by atoms with Gasteiger partial charge in [0.05, 0.1) is 17.6 Å². The molecular weight excluding hydrogens is 284 g/mol. The van der Waals surface area contributed by atoms with E-state index in [9.17, 15) is 8.78 Å². The second-order valence-electron chi connectivity index (χ2n) is 4.39. The molecule has 0 spiro atoms. The van der Waals surface area contributed by atoms with Crippen LogP contribution in [0.25, 0.3) is 16.7 Å². The highest BCUT2D eigenvalue weighted by molar-refractivity contribution is 6.17. The lowest BCUT2D eigenvalue weighted by Crippen LogP contribution is -2.06. The van der Waals surface area contributed by atoms with E-state index < -0.39 is 11.6 Å². The summed E-state index contributed by atoms with van der Waals surface area (Å²) in [6.45, 7) is 1.58. The fourth-order valence-electron chi connectivity index (χ4n) is 2.17. The van der Waals surface area contributed by atoms with E-state index >= 15 is 0 Å². The van der Waals surface area contributed by atoms with Crippen LogP contribution < -0.4 is 0 Å². The van der Waals surface area contributed by atoms with Crippen molar-refractivity contribution in [2.45, 2.75) is 12.8 Å². The predicted molar refractivity (Wildman–Crippen MR) is 73.1 cm³/mol. The van der Waals surface area contributed by atoms with Crippen LogP contribution in [0.2, 0.25) is 0 Å². The first-order chi connectivity index (χ1) is 9.63. The first-order valence-corrected chi connectivity index (χ1v) is 6.49. The lowest BCUT2D eigenvalue weighted by Gasteiger charge is -2.11. The molecule has 0 aliphatic carbocycles. The van der Waals surface area contributed by atoms with Gasteiger partial charge in [0.25, 0.3) is 0 Å². The Balaban J connectivity index is 2.43. The molecule has 0 atom stereocenters. The van der Waals surface area contributed by atoms with Crippen molar-refractivity contribution in [3.63, 3.8) is 0 Å². The summed E-state index contributed by atoms with van der Waals surface area (Å²) >= 11 is 5.85. The minimum absolute atomic E-state index is 0.0432. The number of aromatic nitrogens is 3. The summed E-state index contributed by atoms with van der Waals surface area (Å²) in [4.78, 5) is 8.21. The maximum Gasteiger partial charge on any atom is 0.153 e. The number of fused-ring (bicyclic) bond motifs is 1. The molecule has 0 N–H and O–H groups in total. The van der Waals surface area contributed by atoms with E-state index in [1.807, 2.05) is 0 Å². The summed E-state index contributed by atoms with van der Waals surface area (Å²) in [5.41, 5.74) is 1.31. The van der Waals surface area contributed by atoms with Gasteiger partial charge in [-0.2, -0.15) is 0 Å². The van der Waals surface area contributed by atoms with Crippen LogP contribution in [0, 0.1) is 18.6 Å². The average molecular weight is 294 g/mol. The predicted octanol–water partition coefficient (Wildman–Crippen LogP) is 3.75. The number of nitrogens with zero attached hydrogens (tertiary/aromatic N) is 3. The number of alkyl halides is 1. The van der Waals surface area contributed by atoms with E-state index in [1.54, 1.807) is 19.2 Å². The highest BCUT2D eigenvalue weighted by Gasteiger charge is 2.19. The monoisotopic (exact) mass is 293 g/mol. The van der Waals surface area contributed by atoms with Gasteiger partial charge in [-0.15, -0.1) is 11.6 Å². The zero-order valence-electron chi connectivity index (χ0n) is 10.6. The van der Waals surface area contributed by atoms with Crippen molar-refractivity contribution in [2.75, 3.05) is 0 Å². The minimum Gasteiger partial charge on any atom is -0.290 e. The van der Waals surface area contributed by atoms with Gasteiger partial charge in [-0.3, -0.25) is 9.55 Å². The number of halogens is 3. The van der Waals surface area contributed by atoms with Crippen LogP contribution >= 0.6 is 11.6 Å². The number of rotatable bonds is 2. The Morgan fingerprint density at radius 3 is 2.80 bits per heavy atom. The largest absolute Gasteiger partial charge is 0.290 e. The van der Waals surface area contributed by atoms with Gasteiger partial charge in [-0.25, -0.2) is 13.8 Å². The number of hydrogen-bond acceptors (Lipinski definition) is 2. The van der Waals surface area contributed by atoms with Crippen molar-refractivity contribution in [3.05, 3.63) is 53.6 Å². The van der Waals surface area contributed by atoms with Gasteiger partial charge in [0, 0.05) is 6.20 Å². The summed E-state index contributed by atoms with van der Waals surface area (Å²) in [7, 11) is 0. The summed E-state index contributed by atoms with van der Waals surface area (Å²) in [6, 6.07) is 4.29. The molecule has 0 aliphatic rings. The lowest BCUT2D eigenvalue weighted by atomic mass is 10.2. The molecule has 0 saturated heterocycles. The standard InChI is InChI=1S/C14H10ClF2N3/c1-8-2-3-9(16)14(13(8)17)20-11-4-5-18-7-10(11)19-12(20)6-15/h2-5,7H,6H2,1H3. The fraction of sp³-hybridized carbons (Fsp3) is 0.143. The van der Waals surface area contributed by atoms with E-state index in [2.05, 4.69) is 9.97 Å². The van der Waals surface area contributed by atoms with E-state index in [-0.39, 0.29) is 11.6 Å². The number of benzene rings is 1. The van der Waals surface area contributed by atoms with Gasteiger partial charge in [-0.1, -0.05) is 6.07 Å². The Hall–Kier alpha value is -2.01.